The van der Waals surface area contributed by atoms with Gasteiger partial charge in [0.1, 0.15) is 124 Å². The van der Waals surface area contributed by atoms with E-state index in [2.05, 4.69) is 4.98 Å². The number of hydrogen-bond acceptors (Lipinski definition) is 3. The molecule has 0 N–H and O–H groups in total. The Morgan fingerprint density at radius 2 is 0.797 bits per heavy atom. The van der Waals surface area contributed by atoms with Crippen molar-refractivity contribution in [2.24, 2.45) is 0 Å². The molecule has 30 radical (unpaired) electrons. The third-order valence-corrected chi connectivity index (χ3v) is 11.1. The Kier molecular flexibility index (Phi) is 9.23. The van der Waals surface area contributed by atoms with E-state index in [0.717, 1.165) is 5.39 Å². The number of aromatic nitrogens is 4. The maximum Gasteiger partial charge on any atom is 0.164 e. The number of benzene rings is 7. The van der Waals surface area contributed by atoms with Crippen molar-refractivity contribution in [1.82, 2.24) is 19.5 Å². The van der Waals surface area contributed by atoms with E-state index < -0.39 is 5.82 Å². The van der Waals surface area contributed by atoms with E-state index in [1.54, 1.807) is 18.2 Å². The second-order valence-electron chi connectivity index (χ2n) is 14.2. The summed E-state index contributed by atoms with van der Waals surface area (Å²) in [4.78, 5) is 14.3. The number of rotatable bonds is 4. The molecular weight excluding hydrogens is 706 g/mol. The lowest BCUT2D eigenvalue weighted by atomic mass is 9.60. The summed E-state index contributed by atoms with van der Waals surface area (Å²) in [7, 11) is 95.1. The van der Waals surface area contributed by atoms with Crippen molar-refractivity contribution in [2.45, 2.75) is 0 Å². The molecule has 9 aromatic rings. The Morgan fingerprint density at radius 1 is 0.373 bits per heavy atom. The van der Waals surface area contributed by atoms with Crippen LogP contribution in [0, 0.1) is 5.82 Å². The van der Waals surface area contributed by atoms with Gasteiger partial charge in [0.05, 0.1) is 11.0 Å². The van der Waals surface area contributed by atoms with Crippen LogP contribution in [0.4, 0.5) is 4.39 Å². The van der Waals surface area contributed by atoms with Crippen LogP contribution in [-0.4, -0.2) is 137 Å². The molecule has 0 unspecified atom stereocenters. The molecule has 9 rings (SSSR count). The van der Waals surface area contributed by atoms with Gasteiger partial charge in [-0.3, -0.25) is 0 Å². The minimum absolute atomic E-state index is 0.0150. The van der Waals surface area contributed by atoms with E-state index >= 15 is 4.39 Å². The van der Waals surface area contributed by atoms with Gasteiger partial charge < -0.3 is 4.57 Å². The van der Waals surface area contributed by atoms with Gasteiger partial charge in [-0.05, 0) is 40.4 Å². The zero-order valence-corrected chi connectivity index (χ0v) is 30.9. The first kappa shape index (κ1) is 39.5. The SMILES string of the molecule is [B]c1c([B])c([B])c(-c2nc(-c3ccc4c(c3)c3cccc5c3c3c4c(F)ccc3n5-c3c([B])c([B])c([B])c([B])c3[B])nc(-c3c([B])c([B])c([B])c([B])c3[B])n2)c([B])c1[B]. The van der Waals surface area contributed by atoms with Gasteiger partial charge >= 0.3 is 0 Å². The first-order valence-corrected chi connectivity index (χ1v) is 17.7. The Bertz CT molecular complexity index is 3190. The summed E-state index contributed by atoms with van der Waals surface area (Å²) in [6.45, 7) is 0. The lowest BCUT2D eigenvalue weighted by Crippen LogP contribution is -2.56. The summed E-state index contributed by atoms with van der Waals surface area (Å²) < 4.78 is 18.1. The fourth-order valence-corrected chi connectivity index (χ4v) is 7.96. The van der Waals surface area contributed by atoms with E-state index in [1.165, 1.54) is 6.07 Å². The van der Waals surface area contributed by atoms with E-state index in [-0.39, 0.29) is 111 Å². The predicted molar refractivity (Wildman–Crippen MR) is 257 cm³/mol. The highest BCUT2D eigenvalue weighted by Crippen LogP contribution is 2.44. The molecule has 0 bridgehead atoms. The van der Waals surface area contributed by atoms with Gasteiger partial charge in [0, 0.05) is 38.5 Å². The largest absolute Gasteiger partial charge is 0.310 e. The molecule has 0 saturated carbocycles. The Balaban J connectivity index is 1.38. The second-order valence-corrected chi connectivity index (χ2v) is 14.2. The van der Waals surface area contributed by atoms with Crippen molar-refractivity contribution in [3.63, 3.8) is 0 Å². The Hall–Kier alpha value is -4.97. The van der Waals surface area contributed by atoms with Gasteiger partial charge in [-0.25, -0.2) is 19.3 Å². The van der Waals surface area contributed by atoms with Crippen LogP contribution < -0.4 is 81.9 Å². The summed E-state index contributed by atoms with van der Waals surface area (Å²) >= 11 is 0. The molecule has 20 heteroatoms. The highest BCUT2D eigenvalue weighted by atomic mass is 19.1. The van der Waals surface area contributed by atoms with Crippen LogP contribution in [0.25, 0.3) is 83.2 Å². The molecule has 0 saturated heterocycles. The van der Waals surface area contributed by atoms with Crippen molar-refractivity contribution >= 4 is 243 Å². The normalized spacial score (nSPS) is 11.8. The van der Waals surface area contributed by atoms with Gasteiger partial charge in [0.2, 0.25) is 0 Å². The number of halogens is 1. The molecule has 2 heterocycles. The van der Waals surface area contributed by atoms with Crippen LogP contribution >= 0.6 is 0 Å². The molecule has 0 atom stereocenters. The monoisotopic (exact) mass is 716 g/mol. The van der Waals surface area contributed by atoms with Crippen LogP contribution in [-0.2, 0) is 0 Å². The van der Waals surface area contributed by atoms with E-state index in [4.69, 9.17) is 128 Å². The molecule has 0 aliphatic carbocycles. The maximum absolute atomic E-state index is 16.3. The van der Waals surface area contributed by atoms with Gasteiger partial charge in [-0.15, -0.1) is 49.2 Å². The van der Waals surface area contributed by atoms with Crippen LogP contribution in [0.3, 0.4) is 0 Å². The lowest BCUT2D eigenvalue weighted by molar-refractivity contribution is 0.641. The van der Waals surface area contributed by atoms with Crippen LogP contribution in [0.15, 0.2) is 48.5 Å². The average Bonchev–Trinajstić information content (AvgIpc) is 3.56. The third-order valence-electron chi connectivity index (χ3n) is 11.1. The lowest BCUT2D eigenvalue weighted by Gasteiger charge is -2.23. The van der Waals surface area contributed by atoms with Gasteiger partial charge in [-0.2, -0.15) is 0 Å². The molecule has 0 spiro atoms. The number of hydrogen-bond donors (Lipinski definition) is 0. The zero-order valence-electron chi connectivity index (χ0n) is 30.9. The van der Waals surface area contributed by atoms with Crippen LogP contribution in [0.1, 0.15) is 0 Å². The van der Waals surface area contributed by atoms with Crippen molar-refractivity contribution in [1.29, 1.82) is 0 Å². The van der Waals surface area contributed by atoms with Gasteiger partial charge in [0.25, 0.3) is 0 Å². The predicted octanol–water partition coefficient (Wildman–Crippen LogP) is -8.24. The molecule has 4 nitrogen and oxygen atoms in total. The highest BCUT2D eigenvalue weighted by Gasteiger charge is 2.26. The number of nitrogens with zero attached hydrogens (tertiary/aromatic N) is 4. The summed E-state index contributed by atoms with van der Waals surface area (Å²) in [5.74, 6) is -0.538. The summed E-state index contributed by atoms with van der Waals surface area (Å²) in [5, 5.41) is 3.59. The number of fused-ring (bicyclic) bond motifs is 3. The smallest absolute Gasteiger partial charge is 0.164 e. The summed E-state index contributed by atoms with van der Waals surface area (Å²) in [5.41, 5.74) is 2.20. The Labute approximate surface area is 359 Å². The second kappa shape index (κ2) is 13.8. The molecule has 59 heavy (non-hydrogen) atoms. The molecule has 0 aliphatic rings. The minimum Gasteiger partial charge on any atom is -0.310 e. The molecule has 7 aromatic carbocycles. The van der Waals surface area contributed by atoms with Gasteiger partial charge in [-0.1, -0.05) is 57.0 Å². The van der Waals surface area contributed by atoms with E-state index in [0.29, 0.717) is 49.2 Å². The molecule has 2 aromatic heterocycles. The molecule has 0 fully saturated rings. The van der Waals surface area contributed by atoms with Gasteiger partial charge in [0.15, 0.2) is 17.5 Å². The Morgan fingerprint density at radius 3 is 1.31 bits per heavy atom. The van der Waals surface area contributed by atoms with Crippen molar-refractivity contribution < 1.29 is 4.39 Å². The van der Waals surface area contributed by atoms with E-state index in [9.17, 15) is 0 Å². The molecule has 236 valence electrons. The van der Waals surface area contributed by atoms with Crippen molar-refractivity contribution in [2.75, 3.05) is 0 Å². The topological polar surface area (TPSA) is 43.6 Å². The van der Waals surface area contributed by atoms with Crippen molar-refractivity contribution in [3.05, 3.63) is 54.3 Å². The third kappa shape index (κ3) is 5.46. The summed E-state index contributed by atoms with van der Waals surface area (Å²) in [6.07, 6.45) is 0. The van der Waals surface area contributed by atoms with Crippen LogP contribution in [0.5, 0.6) is 0 Å². The van der Waals surface area contributed by atoms with Crippen LogP contribution in [0.2, 0.25) is 0 Å². The fourth-order valence-electron chi connectivity index (χ4n) is 7.96. The zero-order chi connectivity index (χ0) is 42.3. The standard InChI is InChI=1S/C39H8B15FN4/c40-21-19(22(41)26(45)29(48)25(21)44)38-56-37(57-39(58-38)20-23(42)27(46)30(49)28(47)24(20)43)9-4-5-11-12(8-9)10-2-1-3-14-17(10)18-15(7-6-13(55)16(11)18)59(14)36-34(53)32(51)31(50)33(52)35(36)54/h1-8H. The summed E-state index contributed by atoms with van der Waals surface area (Å²) in [6, 6.07) is 13.9. The first-order chi connectivity index (χ1) is 28.0. The first-order valence-electron chi connectivity index (χ1n) is 17.7. The minimum atomic E-state index is -0.476. The molecule has 0 amide bonds. The van der Waals surface area contributed by atoms with E-state index in [1.807, 2.05) is 28.8 Å². The fraction of sp³-hybridized carbons (Fsp3) is 0. The average molecular weight is 714 g/mol. The highest BCUT2D eigenvalue weighted by molar-refractivity contribution is 6.71. The maximum atomic E-state index is 16.3. The molecule has 0 aliphatic heterocycles. The quantitative estimate of drug-likeness (QED) is 0.135. The van der Waals surface area contributed by atoms with Crippen molar-refractivity contribution in [3.8, 4) is 39.9 Å². The molecular formula is C39H8B15FN4.